The van der Waals surface area contributed by atoms with Crippen molar-refractivity contribution in [2.75, 3.05) is 43.1 Å². The maximum atomic E-state index is 12.8. The lowest BCUT2D eigenvalue weighted by Gasteiger charge is -2.21. The Bertz CT molecular complexity index is 1720. The molecule has 0 radical (unpaired) electrons. The summed E-state index contributed by atoms with van der Waals surface area (Å²) in [5.74, 6) is -0.744. The molecule has 4 heterocycles. The van der Waals surface area contributed by atoms with Gasteiger partial charge in [0, 0.05) is 62.9 Å². The van der Waals surface area contributed by atoms with Gasteiger partial charge in [0.2, 0.25) is 0 Å². The lowest BCUT2D eigenvalue weighted by Crippen LogP contribution is -2.23. The van der Waals surface area contributed by atoms with Crippen molar-refractivity contribution in [2.45, 2.75) is 25.9 Å². The van der Waals surface area contributed by atoms with E-state index in [2.05, 4.69) is 27.8 Å². The average molecular weight is 540 g/mol. The fourth-order valence-corrected chi connectivity index (χ4v) is 5.63. The molecular formula is C30H29N5O5. The third-order valence-electron chi connectivity index (χ3n) is 7.85. The van der Waals surface area contributed by atoms with Gasteiger partial charge < -0.3 is 28.6 Å². The van der Waals surface area contributed by atoms with E-state index in [1.54, 1.807) is 23.8 Å². The summed E-state index contributed by atoms with van der Waals surface area (Å²) in [5, 5.41) is 19.7. The number of rotatable bonds is 6. The molecule has 0 bridgehead atoms. The molecular weight excluding hydrogens is 510 g/mol. The van der Waals surface area contributed by atoms with Crippen LogP contribution in [0.5, 0.6) is 0 Å². The Kier molecular flexibility index (Phi) is 6.52. The molecule has 1 N–H and O–H groups in total. The molecule has 0 aliphatic carbocycles. The first-order chi connectivity index (χ1) is 19.3. The molecule has 10 heteroatoms. The van der Waals surface area contributed by atoms with Crippen molar-refractivity contribution in [3.8, 4) is 23.0 Å². The Morgan fingerprint density at radius 2 is 1.95 bits per heavy atom. The number of ether oxygens (including phenoxy) is 1. The molecule has 2 aromatic carbocycles. The zero-order valence-corrected chi connectivity index (χ0v) is 22.3. The number of fused-ring (bicyclic) bond motifs is 1. The van der Waals surface area contributed by atoms with E-state index < -0.39 is 11.4 Å². The fraction of sp³-hybridized carbons (Fsp3) is 0.333. The molecule has 4 aromatic rings. The van der Waals surface area contributed by atoms with Gasteiger partial charge in [0.15, 0.2) is 11.0 Å². The summed E-state index contributed by atoms with van der Waals surface area (Å²) in [6, 6.07) is 15.0. The highest BCUT2D eigenvalue weighted by molar-refractivity contribution is 5.88. The Morgan fingerprint density at radius 1 is 1.12 bits per heavy atom. The van der Waals surface area contributed by atoms with E-state index in [9.17, 15) is 20.0 Å². The number of aromatic carboxylic acids is 1. The maximum absolute atomic E-state index is 12.8. The predicted molar refractivity (Wildman–Crippen MR) is 150 cm³/mol. The van der Waals surface area contributed by atoms with Crippen LogP contribution < -0.4 is 15.2 Å². The van der Waals surface area contributed by atoms with Crippen molar-refractivity contribution in [1.82, 2.24) is 9.55 Å². The minimum atomic E-state index is -1.31. The summed E-state index contributed by atoms with van der Waals surface area (Å²) < 4.78 is 13.2. The smallest absolute Gasteiger partial charge is 0.341 e. The molecule has 10 nitrogen and oxygen atoms in total. The van der Waals surface area contributed by atoms with E-state index in [4.69, 9.17) is 9.15 Å². The van der Waals surface area contributed by atoms with Crippen LogP contribution in [0, 0.1) is 17.2 Å². The zero-order valence-electron chi connectivity index (χ0n) is 22.3. The molecule has 2 aromatic heterocycles. The van der Waals surface area contributed by atoms with Crippen molar-refractivity contribution in [2.24, 2.45) is 5.92 Å². The average Bonchev–Trinajstić information content (AvgIpc) is 3.71. The van der Waals surface area contributed by atoms with Gasteiger partial charge in [-0.15, -0.1) is 0 Å². The summed E-state index contributed by atoms with van der Waals surface area (Å²) in [5.41, 5.74) is 3.22. The number of carboxylic acids is 1. The van der Waals surface area contributed by atoms with Crippen LogP contribution in [0.15, 0.2) is 57.9 Å². The number of nitrogens with zero attached hydrogens (tertiary/aromatic N) is 5. The minimum Gasteiger partial charge on any atom is -0.477 e. The summed E-state index contributed by atoms with van der Waals surface area (Å²) in [7, 11) is 1.69. The normalized spacial score (nSPS) is 18.9. The number of hydrogen-bond acceptors (Lipinski definition) is 8. The van der Waals surface area contributed by atoms with Crippen molar-refractivity contribution >= 4 is 28.8 Å². The van der Waals surface area contributed by atoms with Crippen LogP contribution in [0.4, 0.5) is 11.7 Å². The number of carboxylic acid groups (broad SMARTS) is 1. The van der Waals surface area contributed by atoms with E-state index >= 15 is 0 Å². The number of aromatic nitrogens is 2. The second-order valence-corrected chi connectivity index (χ2v) is 10.5. The van der Waals surface area contributed by atoms with Crippen molar-refractivity contribution in [3.63, 3.8) is 0 Å². The monoisotopic (exact) mass is 539 g/mol. The Morgan fingerprint density at radius 3 is 2.65 bits per heavy atom. The SMILES string of the molecule is COC1CCN(c2ccc(-c3cc(=O)c(C(=O)O)cn3-c3ccc4nc(N5CCC(C)C5)oc4c3)cc2C#N)C1. The standard InChI is InChI=1S/C30H29N5O5/c1-18-7-9-34(15-18)30-32-24-5-4-21(12-28(24)40-30)35-17-23(29(37)38)27(36)13-26(35)19-3-6-25(20(11-19)14-31)33-10-8-22(16-33)39-2/h3-6,11-13,17-18,22H,7-10,15-16H2,1-2H3,(H,37,38). The summed E-state index contributed by atoms with van der Waals surface area (Å²) in [4.78, 5) is 33.6. The molecule has 40 heavy (non-hydrogen) atoms. The molecule has 2 unspecified atom stereocenters. The second-order valence-electron chi connectivity index (χ2n) is 10.5. The van der Waals surface area contributed by atoms with Gasteiger partial charge in [0.1, 0.15) is 17.1 Å². The van der Waals surface area contributed by atoms with E-state index in [-0.39, 0.29) is 11.7 Å². The Hall–Kier alpha value is -4.62. The molecule has 2 aliphatic rings. The molecule has 2 atom stereocenters. The largest absolute Gasteiger partial charge is 0.477 e. The quantitative estimate of drug-likeness (QED) is 0.382. The number of nitriles is 1. The third-order valence-corrected chi connectivity index (χ3v) is 7.85. The number of hydrogen-bond donors (Lipinski definition) is 1. The lowest BCUT2D eigenvalue weighted by molar-refractivity contribution is 0.0695. The first-order valence-electron chi connectivity index (χ1n) is 13.3. The van der Waals surface area contributed by atoms with Crippen LogP contribution in [-0.2, 0) is 4.74 Å². The van der Waals surface area contributed by atoms with Crippen molar-refractivity contribution in [3.05, 3.63) is 70.0 Å². The number of benzene rings is 2. The highest BCUT2D eigenvalue weighted by atomic mass is 16.5. The second kappa shape index (κ2) is 10.2. The topological polar surface area (TPSA) is 125 Å². The summed E-state index contributed by atoms with van der Waals surface area (Å²) >= 11 is 0. The molecule has 6 rings (SSSR count). The molecule has 0 saturated carbocycles. The zero-order chi connectivity index (χ0) is 28.0. The highest BCUT2D eigenvalue weighted by Crippen LogP contribution is 2.32. The van der Waals surface area contributed by atoms with Gasteiger partial charge in [-0.2, -0.15) is 10.2 Å². The van der Waals surface area contributed by atoms with E-state index in [0.717, 1.165) is 38.2 Å². The van der Waals surface area contributed by atoms with Crippen LogP contribution in [0.3, 0.4) is 0 Å². The van der Waals surface area contributed by atoms with Gasteiger partial charge >= 0.3 is 5.97 Å². The first-order valence-corrected chi connectivity index (χ1v) is 13.3. The van der Waals surface area contributed by atoms with Gasteiger partial charge in [-0.3, -0.25) is 4.79 Å². The first kappa shape index (κ1) is 25.6. The molecule has 0 amide bonds. The number of anilines is 2. The third kappa shape index (κ3) is 4.58. The molecule has 204 valence electrons. The Balaban J connectivity index is 1.44. The Labute approximate surface area is 230 Å². The molecule has 2 saturated heterocycles. The van der Waals surface area contributed by atoms with Crippen LogP contribution in [0.2, 0.25) is 0 Å². The van der Waals surface area contributed by atoms with Crippen LogP contribution >= 0.6 is 0 Å². The lowest BCUT2D eigenvalue weighted by atomic mass is 10.0. The number of carbonyl (C=O) groups is 1. The number of methoxy groups -OCH3 is 1. The maximum Gasteiger partial charge on any atom is 0.341 e. The van der Waals surface area contributed by atoms with Crippen LogP contribution in [-0.4, -0.2) is 60.0 Å². The molecule has 0 spiro atoms. The van der Waals surface area contributed by atoms with Gasteiger partial charge in [-0.1, -0.05) is 13.0 Å². The summed E-state index contributed by atoms with van der Waals surface area (Å²) in [6.45, 7) is 5.43. The summed E-state index contributed by atoms with van der Waals surface area (Å²) in [6.07, 6.45) is 3.39. The van der Waals surface area contributed by atoms with Gasteiger partial charge in [-0.25, -0.2) is 4.79 Å². The number of oxazole rings is 1. The fourth-order valence-electron chi connectivity index (χ4n) is 5.63. The van der Waals surface area contributed by atoms with Crippen LogP contribution in [0.1, 0.15) is 35.7 Å². The number of pyridine rings is 1. The minimum absolute atomic E-state index is 0.111. The van der Waals surface area contributed by atoms with E-state index in [1.165, 1.54) is 12.3 Å². The predicted octanol–water partition coefficient (Wildman–Crippen LogP) is 4.29. The van der Waals surface area contributed by atoms with Gasteiger partial charge in [0.05, 0.1) is 23.0 Å². The van der Waals surface area contributed by atoms with E-state index in [1.807, 2.05) is 24.3 Å². The highest BCUT2D eigenvalue weighted by Gasteiger charge is 2.26. The molecule has 2 fully saturated rings. The van der Waals surface area contributed by atoms with Crippen molar-refractivity contribution in [1.29, 1.82) is 5.26 Å². The van der Waals surface area contributed by atoms with Crippen molar-refractivity contribution < 1.29 is 19.1 Å². The van der Waals surface area contributed by atoms with Crippen LogP contribution in [0.25, 0.3) is 28.0 Å². The molecule has 2 aliphatic heterocycles. The van der Waals surface area contributed by atoms with Gasteiger partial charge in [0.25, 0.3) is 6.01 Å². The van der Waals surface area contributed by atoms with E-state index in [0.29, 0.717) is 52.1 Å². The van der Waals surface area contributed by atoms with Gasteiger partial charge in [-0.05, 0) is 43.0 Å².